The maximum atomic E-state index is 14.3. The minimum absolute atomic E-state index is 0.102. The van der Waals surface area contributed by atoms with Crippen molar-refractivity contribution in [2.45, 2.75) is 38.9 Å². The van der Waals surface area contributed by atoms with E-state index in [0.29, 0.717) is 6.54 Å². The quantitative estimate of drug-likeness (QED) is 0.805. The third-order valence-electron chi connectivity index (χ3n) is 4.33. The summed E-state index contributed by atoms with van der Waals surface area (Å²) in [7, 11) is 0. The van der Waals surface area contributed by atoms with Crippen molar-refractivity contribution in [3.63, 3.8) is 0 Å². The highest BCUT2D eigenvalue weighted by molar-refractivity contribution is 4.88. The fourth-order valence-corrected chi connectivity index (χ4v) is 2.99. The second-order valence-electron chi connectivity index (χ2n) is 6.73. The lowest BCUT2D eigenvalue weighted by Crippen LogP contribution is -2.54. The van der Waals surface area contributed by atoms with Gasteiger partial charge in [0.05, 0.1) is 0 Å². The summed E-state index contributed by atoms with van der Waals surface area (Å²) in [6, 6.07) is 0. The van der Waals surface area contributed by atoms with Gasteiger partial charge in [0.1, 0.15) is 6.17 Å². The predicted octanol–water partition coefficient (Wildman–Crippen LogP) is 1.35. The molecule has 0 aliphatic carbocycles. The van der Waals surface area contributed by atoms with E-state index in [2.05, 4.69) is 35.9 Å². The van der Waals surface area contributed by atoms with E-state index in [0.717, 1.165) is 45.7 Å². The Morgan fingerprint density at radius 1 is 1.17 bits per heavy atom. The maximum Gasteiger partial charge on any atom is 0.117 e. The number of likely N-dealkylation sites (tertiary alicyclic amines) is 1. The Balaban J connectivity index is 1.81. The van der Waals surface area contributed by atoms with E-state index in [4.69, 9.17) is 0 Å². The van der Waals surface area contributed by atoms with Crippen LogP contribution in [0, 0.1) is 5.92 Å². The van der Waals surface area contributed by atoms with E-state index < -0.39 is 6.17 Å². The first-order valence-electron chi connectivity index (χ1n) is 7.29. The van der Waals surface area contributed by atoms with Gasteiger partial charge in [-0.15, -0.1) is 0 Å². The van der Waals surface area contributed by atoms with Crippen molar-refractivity contribution in [1.82, 2.24) is 15.1 Å². The fourth-order valence-electron chi connectivity index (χ4n) is 2.99. The van der Waals surface area contributed by atoms with Gasteiger partial charge in [-0.05, 0) is 33.7 Å². The number of halogens is 1. The van der Waals surface area contributed by atoms with Crippen LogP contribution in [0.15, 0.2) is 0 Å². The maximum absolute atomic E-state index is 14.3. The third-order valence-corrected chi connectivity index (χ3v) is 4.33. The van der Waals surface area contributed by atoms with E-state index in [9.17, 15) is 4.39 Å². The van der Waals surface area contributed by atoms with Crippen LogP contribution in [0.5, 0.6) is 0 Å². The first kappa shape index (κ1) is 14.2. The highest BCUT2D eigenvalue weighted by Gasteiger charge is 2.34. The Bertz CT molecular complexity index is 258. The zero-order valence-electron chi connectivity index (χ0n) is 12.1. The second kappa shape index (κ2) is 5.85. The molecule has 106 valence electrons. The van der Waals surface area contributed by atoms with Crippen molar-refractivity contribution < 1.29 is 4.39 Å². The van der Waals surface area contributed by atoms with Crippen LogP contribution in [0.2, 0.25) is 0 Å². The normalized spacial score (nSPS) is 32.7. The Labute approximate surface area is 111 Å². The van der Waals surface area contributed by atoms with Crippen LogP contribution in [0.3, 0.4) is 0 Å². The second-order valence-corrected chi connectivity index (χ2v) is 6.73. The molecule has 0 aromatic rings. The fraction of sp³-hybridized carbons (Fsp3) is 1.00. The zero-order valence-corrected chi connectivity index (χ0v) is 12.1. The molecule has 0 amide bonds. The number of rotatable bonds is 2. The number of piperazine rings is 1. The van der Waals surface area contributed by atoms with Gasteiger partial charge in [-0.25, -0.2) is 4.39 Å². The lowest BCUT2D eigenvalue weighted by Gasteiger charge is -2.43. The highest BCUT2D eigenvalue weighted by atomic mass is 19.1. The van der Waals surface area contributed by atoms with Gasteiger partial charge in [-0.1, -0.05) is 0 Å². The van der Waals surface area contributed by atoms with Gasteiger partial charge in [0.15, 0.2) is 0 Å². The molecule has 1 N–H and O–H groups in total. The van der Waals surface area contributed by atoms with Gasteiger partial charge in [-0.2, -0.15) is 0 Å². The van der Waals surface area contributed by atoms with Gasteiger partial charge in [0.2, 0.25) is 0 Å². The monoisotopic (exact) mass is 257 g/mol. The van der Waals surface area contributed by atoms with Crippen molar-refractivity contribution in [1.29, 1.82) is 0 Å². The van der Waals surface area contributed by atoms with Crippen LogP contribution in [-0.4, -0.2) is 67.3 Å². The van der Waals surface area contributed by atoms with Gasteiger partial charge < -0.3 is 10.2 Å². The van der Waals surface area contributed by atoms with Crippen molar-refractivity contribution >= 4 is 0 Å². The third kappa shape index (κ3) is 3.65. The van der Waals surface area contributed by atoms with E-state index in [-0.39, 0.29) is 11.5 Å². The smallest absolute Gasteiger partial charge is 0.117 e. The van der Waals surface area contributed by atoms with E-state index in [1.165, 1.54) is 0 Å². The van der Waals surface area contributed by atoms with Gasteiger partial charge >= 0.3 is 0 Å². The van der Waals surface area contributed by atoms with Crippen molar-refractivity contribution in [3.05, 3.63) is 0 Å². The number of nitrogens with zero attached hydrogens (tertiary/aromatic N) is 2. The Kier molecular flexibility index (Phi) is 4.62. The molecule has 0 saturated carbocycles. The molecule has 2 atom stereocenters. The van der Waals surface area contributed by atoms with Gasteiger partial charge in [0, 0.05) is 50.7 Å². The molecular weight excluding hydrogens is 229 g/mol. The number of hydrogen-bond acceptors (Lipinski definition) is 3. The van der Waals surface area contributed by atoms with Crippen molar-refractivity contribution in [2.75, 3.05) is 45.8 Å². The summed E-state index contributed by atoms with van der Waals surface area (Å²) in [6.45, 7) is 13.4. The zero-order chi connectivity index (χ0) is 13.2. The summed E-state index contributed by atoms with van der Waals surface area (Å²) >= 11 is 0. The molecule has 2 heterocycles. The molecule has 0 spiro atoms. The number of alkyl halides is 1. The minimum atomic E-state index is -0.659. The summed E-state index contributed by atoms with van der Waals surface area (Å²) in [5.74, 6) is 0.238. The average molecular weight is 257 g/mol. The molecule has 0 bridgehead atoms. The van der Waals surface area contributed by atoms with E-state index in [1.807, 2.05) is 0 Å². The predicted molar refractivity (Wildman–Crippen MR) is 73.6 cm³/mol. The van der Waals surface area contributed by atoms with Crippen LogP contribution >= 0.6 is 0 Å². The molecule has 0 aromatic heterocycles. The van der Waals surface area contributed by atoms with Crippen molar-refractivity contribution in [2.24, 2.45) is 5.92 Å². The molecule has 3 nitrogen and oxygen atoms in total. The molecule has 2 aliphatic heterocycles. The summed E-state index contributed by atoms with van der Waals surface area (Å²) in [6.07, 6.45) is 0.343. The Morgan fingerprint density at radius 3 is 2.39 bits per heavy atom. The molecule has 2 fully saturated rings. The topological polar surface area (TPSA) is 18.5 Å². The minimum Gasteiger partial charge on any atom is -0.314 e. The first-order valence-corrected chi connectivity index (χ1v) is 7.29. The number of nitrogens with one attached hydrogen (secondary N) is 1. The van der Waals surface area contributed by atoms with Crippen LogP contribution in [0.25, 0.3) is 0 Å². The van der Waals surface area contributed by atoms with Crippen molar-refractivity contribution in [3.8, 4) is 0 Å². The largest absolute Gasteiger partial charge is 0.314 e. The van der Waals surface area contributed by atoms with Crippen LogP contribution < -0.4 is 5.32 Å². The lowest BCUT2D eigenvalue weighted by atomic mass is 9.91. The van der Waals surface area contributed by atoms with E-state index >= 15 is 0 Å². The highest BCUT2D eigenvalue weighted by Crippen LogP contribution is 2.26. The molecule has 0 aromatic carbocycles. The molecule has 2 unspecified atom stereocenters. The average Bonchev–Trinajstić information content (AvgIpc) is 2.32. The number of hydrogen-bond donors (Lipinski definition) is 1. The molecule has 4 heteroatoms. The summed E-state index contributed by atoms with van der Waals surface area (Å²) < 4.78 is 14.3. The Morgan fingerprint density at radius 2 is 1.83 bits per heavy atom. The molecular formula is C14H28FN3. The molecule has 18 heavy (non-hydrogen) atoms. The molecule has 2 rings (SSSR count). The SMILES string of the molecule is CC(C)(C)N1CCC(CN2CCNCC2)C(F)C1. The first-order chi connectivity index (χ1) is 8.47. The van der Waals surface area contributed by atoms with Gasteiger partial charge in [-0.3, -0.25) is 4.90 Å². The van der Waals surface area contributed by atoms with Crippen LogP contribution in [0.1, 0.15) is 27.2 Å². The summed E-state index contributed by atoms with van der Waals surface area (Å²) in [5.41, 5.74) is 0.102. The molecule has 0 radical (unpaired) electrons. The van der Waals surface area contributed by atoms with Crippen LogP contribution in [-0.2, 0) is 0 Å². The molecule has 2 saturated heterocycles. The lowest BCUT2D eigenvalue weighted by molar-refractivity contribution is 0.0144. The number of piperidine rings is 1. The summed E-state index contributed by atoms with van der Waals surface area (Å²) in [5, 5.41) is 3.35. The standard InChI is InChI=1S/C14H28FN3/c1-14(2,3)18-7-4-12(13(15)11-18)10-17-8-5-16-6-9-17/h12-13,16H,4-11H2,1-3H3. The van der Waals surface area contributed by atoms with E-state index in [1.54, 1.807) is 0 Å². The molecule has 2 aliphatic rings. The van der Waals surface area contributed by atoms with Crippen LogP contribution in [0.4, 0.5) is 4.39 Å². The summed E-state index contributed by atoms with van der Waals surface area (Å²) in [4.78, 5) is 4.70. The Hall–Kier alpha value is -0.190. The van der Waals surface area contributed by atoms with Gasteiger partial charge in [0.25, 0.3) is 0 Å².